The van der Waals surface area contributed by atoms with Gasteiger partial charge in [-0.05, 0) is 37.1 Å². The molecule has 2 aromatic carbocycles. The summed E-state index contributed by atoms with van der Waals surface area (Å²) in [5.74, 6) is -0.344. The molecule has 0 spiro atoms. The normalized spacial score (nSPS) is 20.4. The number of piperazine rings is 1. The summed E-state index contributed by atoms with van der Waals surface area (Å²) in [4.78, 5) is 39.7. The van der Waals surface area contributed by atoms with Crippen LogP contribution in [0.25, 0.3) is 10.9 Å². The van der Waals surface area contributed by atoms with Crippen molar-refractivity contribution in [3.05, 3.63) is 71.7 Å². The van der Waals surface area contributed by atoms with E-state index in [4.69, 9.17) is 9.98 Å². The Kier molecular flexibility index (Phi) is 5.75. The van der Waals surface area contributed by atoms with Crippen LogP contribution in [0.3, 0.4) is 0 Å². The number of hydrogen-bond acceptors (Lipinski definition) is 5. The zero-order valence-electron chi connectivity index (χ0n) is 20.1. The molecule has 3 aromatic rings. The first-order chi connectivity index (χ1) is 16.8. The molecule has 35 heavy (non-hydrogen) atoms. The average molecular weight is 474 g/mol. The van der Waals surface area contributed by atoms with Crippen LogP contribution in [0.2, 0.25) is 0 Å². The van der Waals surface area contributed by atoms with E-state index in [9.17, 15) is 14.0 Å². The molecule has 0 aliphatic carbocycles. The fourth-order valence-electron chi connectivity index (χ4n) is 4.54. The third-order valence-corrected chi connectivity index (χ3v) is 7.10. The van der Waals surface area contributed by atoms with Crippen LogP contribution in [0.1, 0.15) is 36.8 Å². The van der Waals surface area contributed by atoms with Crippen LogP contribution in [0.15, 0.2) is 59.6 Å². The van der Waals surface area contributed by atoms with Crippen molar-refractivity contribution in [1.82, 2.24) is 15.2 Å². The van der Waals surface area contributed by atoms with Gasteiger partial charge in [-0.1, -0.05) is 44.2 Å². The van der Waals surface area contributed by atoms with Gasteiger partial charge in [0.25, 0.3) is 11.8 Å². The summed E-state index contributed by atoms with van der Waals surface area (Å²) in [5, 5.41) is 3.70. The minimum Gasteiger partial charge on any atom is -0.366 e. The lowest BCUT2D eigenvalue weighted by Gasteiger charge is -2.36. The molecule has 1 saturated heterocycles. The van der Waals surface area contributed by atoms with Crippen molar-refractivity contribution in [2.45, 2.75) is 26.3 Å². The highest BCUT2D eigenvalue weighted by Gasteiger charge is 2.43. The Morgan fingerprint density at radius 2 is 1.74 bits per heavy atom. The van der Waals surface area contributed by atoms with E-state index < -0.39 is 5.54 Å². The van der Waals surface area contributed by atoms with Gasteiger partial charge in [0, 0.05) is 31.6 Å². The van der Waals surface area contributed by atoms with E-state index in [1.807, 2.05) is 55.1 Å². The molecule has 1 aromatic heterocycles. The maximum Gasteiger partial charge on any atom is 0.256 e. The third-order valence-electron chi connectivity index (χ3n) is 7.10. The van der Waals surface area contributed by atoms with Gasteiger partial charge in [-0.2, -0.15) is 0 Å². The van der Waals surface area contributed by atoms with Crippen molar-refractivity contribution >= 4 is 34.2 Å². The molecular formula is C27H28FN5O2. The Bertz CT molecular complexity index is 1350. The van der Waals surface area contributed by atoms with Gasteiger partial charge < -0.3 is 15.1 Å². The van der Waals surface area contributed by atoms with Crippen LogP contribution in [-0.4, -0.2) is 59.3 Å². The minimum atomic E-state index is -0.922. The Morgan fingerprint density at radius 3 is 2.43 bits per heavy atom. The number of hydrogen-bond donors (Lipinski definition) is 1. The minimum absolute atomic E-state index is 0.0222. The molecule has 0 bridgehead atoms. The zero-order valence-corrected chi connectivity index (χ0v) is 20.1. The van der Waals surface area contributed by atoms with Crippen molar-refractivity contribution < 1.29 is 14.0 Å². The van der Waals surface area contributed by atoms with Crippen LogP contribution in [0, 0.1) is 11.7 Å². The fraction of sp³-hybridized carbons (Fsp3) is 0.333. The number of carbonyl (C=O) groups is 2. The lowest BCUT2D eigenvalue weighted by Crippen LogP contribution is -2.49. The molecule has 0 unspecified atom stereocenters. The first kappa shape index (κ1) is 23.0. The van der Waals surface area contributed by atoms with Gasteiger partial charge in [0.1, 0.15) is 17.1 Å². The van der Waals surface area contributed by atoms with Gasteiger partial charge in [0.2, 0.25) is 0 Å². The Morgan fingerprint density at radius 1 is 1.06 bits per heavy atom. The number of nitrogens with one attached hydrogen (secondary N) is 1. The van der Waals surface area contributed by atoms with Crippen molar-refractivity contribution in [2.24, 2.45) is 10.9 Å². The molecular weight excluding hydrogens is 445 g/mol. The number of amidine groups is 1. The van der Waals surface area contributed by atoms with Crippen molar-refractivity contribution in [2.75, 3.05) is 31.1 Å². The smallest absolute Gasteiger partial charge is 0.256 e. The van der Waals surface area contributed by atoms with E-state index in [1.54, 1.807) is 24.0 Å². The first-order valence-electron chi connectivity index (χ1n) is 11.9. The van der Waals surface area contributed by atoms with E-state index in [2.05, 4.69) is 5.32 Å². The van der Waals surface area contributed by atoms with Gasteiger partial charge in [-0.15, -0.1) is 0 Å². The lowest BCUT2D eigenvalue weighted by atomic mass is 9.89. The summed E-state index contributed by atoms with van der Waals surface area (Å²) in [6.07, 6.45) is 0. The number of amides is 2. The number of aromatic nitrogens is 1. The molecule has 0 radical (unpaired) electrons. The second kappa shape index (κ2) is 8.76. The summed E-state index contributed by atoms with van der Waals surface area (Å²) in [6.45, 7) is 7.62. The van der Waals surface area contributed by atoms with E-state index in [0.29, 0.717) is 49.0 Å². The van der Waals surface area contributed by atoms with E-state index in [0.717, 1.165) is 10.9 Å². The predicted octanol–water partition coefficient (Wildman–Crippen LogP) is 3.63. The second-order valence-electron chi connectivity index (χ2n) is 9.52. The molecule has 2 aliphatic heterocycles. The van der Waals surface area contributed by atoms with Crippen LogP contribution < -0.4 is 10.2 Å². The van der Waals surface area contributed by atoms with Gasteiger partial charge in [-0.25, -0.2) is 14.4 Å². The number of halogens is 1. The number of benzene rings is 2. The monoisotopic (exact) mass is 473 g/mol. The quantitative estimate of drug-likeness (QED) is 0.628. The van der Waals surface area contributed by atoms with Gasteiger partial charge >= 0.3 is 0 Å². The second-order valence-corrected chi connectivity index (χ2v) is 9.52. The first-order valence-corrected chi connectivity index (χ1v) is 11.9. The van der Waals surface area contributed by atoms with Crippen LogP contribution in [0.5, 0.6) is 0 Å². The highest BCUT2D eigenvalue weighted by Crippen LogP contribution is 2.29. The summed E-state index contributed by atoms with van der Waals surface area (Å²) < 4.78 is 14.2. The van der Waals surface area contributed by atoms with Crippen molar-refractivity contribution in [3.63, 3.8) is 0 Å². The fourth-order valence-corrected chi connectivity index (χ4v) is 4.54. The number of rotatable bonds is 4. The number of fused-ring (bicyclic) bond motifs is 1. The number of pyridine rings is 1. The maximum atomic E-state index is 14.2. The molecule has 1 atom stereocenters. The molecule has 3 heterocycles. The standard InChI is InChI=1S/C27H28FN5O2/c1-17(2)27(3)26(35)30-24(31-27)23-19(16-18-8-4-6-10-21(18)29-23)25(34)33-14-12-32(13-15-33)22-11-7-5-9-20(22)28/h4-11,16-17H,12-15H2,1-3H3,(H,30,31,35)/t27-/m1/s1. The van der Waals surface area contributed by atoms with Gasteiger partial charge in [0.05, 0.1) is 16.8 Å². The lowest BCUT2D eigenvalue weighted by molar-refractivity contribution is -0.124. The van der Waals surface area contributed by atoms with Crippen LogP contribution >= 0.6 is 0 Å². The number of carbonyl (C=O) groups excluding carboxylic acids is 2. The van der Waals surface area contributed by atoms with Crippen molar-refractivity contribution in [1.29, 1.82) is 0 Å². The average Bonchev–Trinajstić information content (AvgIpc) is 3.18. The Labute approximate surface area is 203 Å². The van der Waals surface area contributed by atoms with Crippen LogP contribution in [0.4, 0.5) is 10.1 Å². The predicted molar refractivity (Wildman–Crippen MR) is 134 cm³/mol. The van der Waals surface area contributed by atoms with Crippen LogP contribution in [-0.2, 0) is 4.79 Å². The molecule has 2 amide bonds. The molecule has 1 N–H and O–H groups in total. The largest absolute Gasteiger partial charge is 0.366 e. The topological polar surface area (TPSA) is 77.9 Å². The molecule has 2 aliphatic rings. The SMILES string of the molecule is CC(C)[C@@]1(C)N=C(c2nc3ccccc3cc2C(=O)N2CCN(c3ccccc3F)CC2)NC1=O. The summed E-state index contributed by atoms with van der Waals surface area (Å²) in [7, 11) is 0. The Balaban J connectivity index is 1.48. The molecule has 0 saturated carbocycles. The number of nitrogens with zero attached hydrogens (tertiary/aromatic N) is 4. The Hall–Kier alpha value is -3.81. The maximum absolute atomic E-state index is 14.2. The number of aliphatic imine (C=N–C) groups is 1. The van der Waals surface area contributed by atoms with E-state index in [-0.39, 0.29) is 23.5 Å². The highest BCUT2D eigenvalue weighted by atomic mass is 19.1. The number of para-hydroxylation sites is 2. The molecule has 8 heteroatoms. The van der Waals surface area contributed by atoms with E-state index >= 15 is 0 Å². The molecule has 5 rings (SSSR count). The summed E-state index contributed by atoms with van der Waals surface area (Å²) in [5.41, 5.74) is 1.12. The van der Waals surface area contributed by atoms with Gasteiger partial charge in [-0.3, -0.25) is 9.59 Å². The highest BCUT2D eigenvalue weighted by molar-refractivity contribution is 6.19. The van der Waals surface area contributed by atoms with Gasteiger partial charge in [0.15, 0.2) is 5.84 Å². The summed E-state index contributed by atoms with van der Waals surface area (Å²) >= 11 is 0. The third kappa shape index (κ3) is 4.03. The summed E-state index contributed by atoms with van der Waals surface area (Å²) in [6, 6.07) is 16.1. The molecule has 7 nitrogen and oxygen atoms in total. The molecule has 180 valence electrons. The van der Waals surface area contributed by atoms with E-state index in [1.165, 1.54) is 6.07 Å². The molecule has 1 fully saturated rings. The zero-order chi connectivity index (χ0) is 24.7. The van der Waals surface area contributed by atoms with Crippen molar-refractivity contribution in [3.8, 4) is 0 Å². The number of anilines is 1.